The zero-order valence-corrected chi connectivity index (χ0v) is 18.5. The normalized spacial score (nSPS) is 17.1. The van der Waals surface area contributed by atoms with E-state index in [4.69, 9.17) is 4.98 Å². The van der Waals surface area contributed by atoms with E-state index >= 15 is 0 Å². The van der Waals surface area contributed by atoms with E-state index < -0.39 is 0 Å². The highest BCUT2D eigenvalue weighted by molar-refractivity contribution is 6.07. The first kappa shape index (κ1) is 21.1. The molecule has 1 aliphatic rings. The van der Waals surface area contributed by atoms with Gasteiger partial charge in [-0.1, -0.05) is 37.3 Å². The maximum absolute atomic E-state index is 12.6. The fraction of sp³-hybridized carbons (Fsp3) is 0.308. The standard InChI is InChI=1S/C26H30N4O/c1-4-30-13-12-22(17-30)27-25-15-18(2)23-16-21(10-11-24(23)29-25)28-26(31)19(3)14-20-8-6-5-7-9-20/h5-11,14-16,22H,4,12-13,17H2,1-3H3,(H,27,29)(H,28,31)/b19-14-. The minimum Gasteiger partial charge on any atom is -0.366 e. The quantitative estimate of drug-likeness (QED) is 0.552. The SMILES string of the molecule is CCN1CCC(Nc2cc(C)c3cc(NC(=O)/C(C)=C\c4ccccc4)ccc3n2)C1. The van der Waals surface area contributed by atoms with Crippen molar-refractivity contribution in [3.8, 4) is 0 Å². The van der Waals surface area contributed by atoms with Crippen molar-refractivity contribution in [2.45, 2.75) is 33.2 Å². The van der Waals surface area contributed by atoms with Gasteiger partial charge in [0.25, 0.3) is 5.91 Å². The summed E-state index contributed by atoms with van der Waals surface area (Å²) in [6.07, 6.45) is 3.04. The third kappa shape index (κ3) is 5.12. The van der Waals surface area contributed by atoms with Gasteiger partial charge in [0.15, 0.2) is 0 Å². The fourth-order valence-corrected chi connectivity index (χ4v) is 4.09. The molecule has 1 aromatic heterocycles. The van der Waals surface area contributed by atoms with Gasteiger partial charge in [-0.15, -0.1) is 0 Å². The monoisotopic (exact) mass is 414 g/mol. The molecule has 31 heavy (non-hydrogen) atoms. The van der Waals surface area contributed by atoms with Gasteiger partial charge in [0, 0.05) is 35.8 Å². The first-order valence-corrected chi connectivity index (χ1v) is 11.0. The van der Waals surface area contributed by atoms with Gasteiger partial charge in [0.1, 0.15) is 5.82 Å². The summed E-state index contributed by atoms with van der Waals surface area (Å²) in [7, 11) is 0. The number of aromatic nitrogens is 1. The number of nitrogens with zero attached hydrogens (tertiary/aromatic N) is 2. The molecule has 0 spiro atoms. The van der Waals surface area contributed by atoms with Crippen LogP contribution in [0.5, 0.6) is 0 Å². The molecule has 1 aliphatic heterocycles. The number of benzene rings is 2. The Morgan fingerprint density at radius 3 is 2.74 bits per heavy atom. The number of likely N-dealkylation sites (N-methyl/N-ethyl adjacent to an activating group) is 1. The van der Waals surface area contributed by atoms with Crippen molar-refractivity contribution in [1.29, 1.82) is 0 Å². The molecule has 0 saturated carbocycles. The highest BCUT2D eigenvalue weighted by Gasteiger charge is 2.21. The number of fused-ring (bicyclic) bond motifs is 1. The molecule has 2 heterocycles. The highest BCUT2D eigenvalue weighted by Crippen LogP contribution is 2.25. The Balaban J connectivity index is 1.48. The van der Waals surface area contributed by atoms with Crippen LogP contribution in [0.15, 0.2) is 60.2 Å². The number of carbonyl (C=O) groups excluding carboxylic acids is 1. The van der Waals surface area contributed by atoms with Crippen LogP contribution in [0.2, 0.25) is 0 Å². The summed E-state index contributed by atoms with van der Waals surface area (Å²) in [4.78, 5) is 19.9. The van der Waals surface area contributed by atoms with E-state index in [1.54, 1.807) is 0 Å². The van der Waals surface area contributed by atoms with Gasteiger partial charge in [0.05, 0.1) is 5.52 Å². The van der Waals surface area contributed by atoms with Gasteiger partial charge >= 0.3 is 0 Å². The molecule has 1 atom stereocenters. The number of hydrogen-bond acceptors (Lipinski definition) is 4. The number of likely N-dealkylation sites (tertiary alicyclic amines) is 1. The molecule has 0 radical (unpaired) electrons. The molecular formula is C26H30N4O. The predicted octanol–water partition coefficient (Wildman–Crippen LogP) is 5.09. The Morgan fingerprint density at radius 1 is 1.19 bits per heavy atom. The maximum Gasteiger partial charge on any atom is 0.251 e. The molecule has 0 aliphatic carbocycles. The number of anilines is 2. The first-order chi connectivity index (χ1) is 15.0. The second-order valence-electron chi connectivity index (χ2n) is 8.27. The molecule has 3 aromatic rings. The Morgan fingerprint density at radius 2 is 2.00 bits per heavy atom. The van der Waals surface area contributed by atoms with Crippen LogP contribution in [0.4, 0.5) is 11.5 Å². The molecule has 5 nitrogen and oxygen atoms in total. The molecule has 2 aromatic carbocycles. The topological polar surface area (TPSA) is 57.3 Å². The van der Waals surface area contributed by atoms with Gasteiger partial charge in [-0.05, 0) is 68.3 Å². The largest absolute Gasteiger partial charge is 0.366 e. The van der Waals surface area contributed by atoms with Crippen LogP contribution >= 0.6 is 0 Å². The summed E-state index contributed by atoms with van der Waals surface area (Å²) < 4.78 is 0. The summed E-state index contributed by atoms with van der Waals surface area (Å²) >= 11 is 0. The van der Waals surface area contributed by atoms with Crippen molar-refractivity contribution >= 4 is 34.4 Å². The molecule has 160 valence electrons. The summed E-state index contributed by atoms with van der Waals surface area (Å²) in [6, 6.07) is 18.3. The number of hydrogen-bond donors (Lipinski definition) is 2. The zero-order valence-electron chi connectivity index (χ0n) is 18.5. The van der Waals surface area contributed by atoms with Gasteiger partial charge in [-0.25, -0.2) is 4.98 Å². The van der Waals surface area contributed by atoms with Gasteiger partial charge < -0.3 is 15.5 Å². The number of rotatable bonds is 6. The summed E-state index contributed by atoms with van der Waals surface area (Å²) in [5.74, 6) is 0.820. The molecule has 0 bridgehead atoms. The Hall–Kier alpha value is -3.18. The molecule has 1 fully saturated rings. The number of aryl methyl sites for hydroxylation is 1. The lowest BCUT2D eigenvalue weighted by molar-refractivity contribution is -0.112. The number of amides is 1. The molecule has 4 rings (SSSR count). The minimum absolute atomic E-state index is 0.103. The van der Waals surface area contributed by atoms with Crippen LogP contribution in [0.25, 0.3) is 17.0 Å². The van der Waals surface area contributed by atoms with E-state index in [9.17, 15) is 4.79 Å². The molecule has 1 unspecified atom stereocenters. The van der Waals surface area contributed by atoms with Crippen LogP contribution in [0, 0.1) is 6.92 Å². The molecule has 1 amide bonds. The summed E-state index contributed by atoms with van der Waals surface area (Å²) in [6.45, 7) is 9.43. The maximum atomic E-state index is 12.6. The second-order valence-corrected chi connectivity index (χ2v) is 8.27. The lowest BCUT2D eigenvalue weighted by Gasteiger charge is -2.16. The smallest absolute Gasteiger partial charge is 0.251 e. The third-order valence-electron chi connectivity index (χ3n) is 5.89. The molecule has 5 heteroatoms. The first-order valence-electron chi connectivity index (χ1n) is 11.0. The Labute approximate surface area is 184 Å². The third-order valence-corrected chi connectivity index (χ3v) is 5.89. The van der Waals surface area contributed by atoms with Gasteiger partial charge in [-0.2, -0.15) is 0 Å². The van der Waals surface area contributed by atoms with Crippen LogP contribution < -0.4 is 10.6 Å². The van der Waals surface area contributed by atoms with Crippen molar-refractivity contribution in [3.05, 3.63) is 71.3 Å². The van der Waals surface area contributed by atoms with Crippen molar-refractivity contribution in [2.75, 3.05) is 30.3 Å². The molecule has 2 N–H and O–H groups in total. The predicted molar refractivity (Wildman–Crippen MR) is 129 cm³/mol. The lowest BCUT2D eigenvalue weighted by Crippen LogP contribution is -2.26. The number of carbonyl (C=O) groups is 1. The highest BCUT2D eigenvalue weighted by atomic mass is 16.1. The van der Waals surface area contributed by atoms with E-state index in [1.165, 1.54) is 0 Å². The van der Waals surface area contributed by atoms with Gasteiger partial charge in [0.2, 0.25) is 0 Å². The van der Waals surface area contributed by atoms with Crippen LogP contribution in [-0.4, -0.2) is 41.5 Å². The Bertz CT molecular complexity index is 1110. The second kappa shape index (κ2) is 9.31. The van der Waals surface area contributed by atoms with E-state index in [0.717, 1.165) is 59.6 Å². The summed E-state index contributed by atoms with van der Waals surface area (Å²) in [5, 5.41) is 7.65. The average Bonchev–Trinajstić information content (AvgIpc) is 3.22. The van der Waals surface area contributed by atoms with Crippen LogP contribution in [-0.2, 0) is 4.79 Å². The molecule has 1 saturated heterocycles. The number of pyridine rings is 1. The van der Waals surface area contributed by atoms with Crippen molar-refractivity contribution in [3.63, 3.8) is 0 Å². The van der Waals surface area contributed by atoms with Gasteiger partial charge in [-0.3, -0.25) is 4.79 Å². The van der Waals surface area contributed by atoms with Crippen molar-refractivity contribution in [2.24, 2.45) is 0 Å². The van der Waals surface area contributed by atoms with E-state index in [-0.39, 0.29) is 5.91 Å². The fourth-order valence-electron chi connectivity index (χ4n) is 4.09. The van der Waals surface area contributed by atoms with Crippen LogP contribution in [0.1, 0.15) is 31.4 Å². The van der Waals surface area contributed by atoms with Crippen LogP contribution in [0.3, 0.4) is 0 Å². The minimum atomic E-state index is -0.103. The Kier molecular flexibility index (Phi) is 6.33. The van der Waals surface area contributed by atoms with Crippen molar-refractivity contribution < 1.29 is 4.79 Å². The zero-order chi connectivity index (χ0) is 21.8. The average molecular weight is 415 g/mol. The van der Waals surface area contributed by atoms with Crippen molar-refractivity contribution in [1.82, 2.24) is 9.88 Å². The summed E-state index contributed by atoms with van der Waals surface area (Å²) in [5.41, 5.74) is 4.53. The lowest BCUT2D eigenvalue weighted by atomic mass is 10.1. The number of nitrogens with one attached hydrogen (secondary N) is 2. The molecular weight excluding hydrogens is 384 g/mol. The van der Waals surface area contributed by atoms with E-state index in [0.29, 0.717) is 11.6 Å². The van der Waals surface area contributed by atoms with E-state index in [1.807, 2.05) is 61.5 Å². The van der Waals surface area contributed by atoms with E-state index in [2.05, 4.69) is 35.4 Å².